The van der Waals surface area contributed by atoms with Crippen molar-refractivity contribution in [1.82, 2.24) is 20.5 Å². The Hall–Kier alpha value is -2.21. The topological polar surface area (TPSA) is 96.7 Å². The fraction of sp³-hybridized carbons (Fsp3) is 0.250. The highest BCUT2D eigenvalue weighted by atomic mass is 16.2. The average Bonchev–Trinajstić information content (AvgIpc) is 2.90. The Morgan fingerprint density at radius 1 is 1.39 bits per heavy atom. The molecule has 6 nitrogen and oxygen atoms in total. The molecule has 4 N–H and O–H groups in total. The molecule has 0 spiro atoms. The Bertz CT molecular complexity index is 482. The van der Waals surface area contributed by atoms with E-state index in [0.29, 0.717) is 18.8 Å². The number of hydrogen-bond acceptors (Lipinski definition) is 4. The monoisotopic (exact) mass is 245 g/mol. The Labute approximate surface area is 105 Å². The number of rotatable bonds is 5. The molecule has 1 aromatic heterocycles. The van der Waals surface area contributed by atoms with Crippen LogP contribution < -0.4 is 11.1 Å². The van der Waals surface area contributed by atoms with Gasteiger partial charge in [-0.25, -0.2) is 4.98 Å². The fourth-order valence-corrected chi connectivity index (χ4v) is 1.58. The van der Waals surface area contributed by atoms with Gasteiger partial charge in [0.2, 0.25) is 5.91 Å². The molecule has 2 aromatic rings. The van der Waals surface area contributed by atoms with E-state index in [4.69, 9.17) is 5.73 Å². The van der Waals surface area contributed by atoms with Crippen molar-refractivity contribution in [1.29, 1.82) is 0 Å². The third-order valence-corrected chi connectivity index (χ3v) is 2.53. The Balaban J connectivity index is 1.82. The van der Waals surface area contributed by atoms with Crippen molar-refractivity contribution in [2.75, 3.05) is 0 Å². The number of aromatic amines is 1. The molecule has 1 atom stereocenters. The second-order valence-electron chi connectivity index (χ2n) is 3.95. The number of amides is 1. The van der Waals surface area contributed by atoms with Gasteiger partial charge in [-0.3, -0.25) is 9.89 Å². The first-order chi connectivity index (χ1) is 8.75. The van der Waals surface area contributed by atoms with Crippen LogP contribution in [0.2, 0.25) is 0 Å². The number of hydrogen-bond donors (Lipinski definition) is 3. The van der Waals surface area contributed by atoms with E-state index >= 15 is 0 Å². The predicted octanol–water partition coefficient (Wildman–Crippen LogP) is -0.00910. The molecular formula is C12H15N5O. The molecule has 1 aromatic carbocycles. The predicted molar refractivity (Wildman–Crippen MR) is 66.4 cm³/mol. The summed E-state index contributed by atoms with van der Waals surface area (Å²) in [6.45, 7) is 0.307. The number of nitrogens with one attached hydrogen (secondary N) is 2. The van der Waals surface area contributed by atoms with E-state index in [1.807, 2.05) is 30.3 Å². The summed E-state index contributed by atoms with van der Waals surface area (Å²) < 4.78 is 0. The largest absolute Gasteiger partial charge is 0.347 e. The number of carbonyl (C=O) groups is 1. The molecule has 18 heavy (non-hydrogen) atoms. The number of nitrogens with two attached hydrogens (primary N) is 1. The van der Waals surface area contributed by atoms with Crippen molar-refractivity contribution in [2.45, 2.75) is 19.0 Å². The Morgan fingerprint density at radius 3 is 2.83 bits per heavy atom. The highest BCUT2D eigenvalue weighted by Gasteiger charge is 2.13. The highest BCUT2D eigenvalue weighted by molar-refractivity contribution is 5.81. The third kappa shape index (κ3) is 3.39. The smallest absolute Gasteiger partial charge is 0.237 e. The lowest BCUT2D eigenvalue weighted by Gasteiger charge is -2.11. The van der Waals surface area contributed by atoms with E-state index in [9.17, 15) is 4.79 Å². The van der Waals surface area contributed by atoms with Crippen LogP contribution in [0.4, 0.5) is 0 Å². The molecule has 0 bridgehead atoms. The summed E-state index contributed by atoms with van der Waals surface area (Å²) in [5.41, 5.74) is 6.87. The van der Waals surface area contributed by atoms with E-state index in [-0.39, 0.29) is 5.91 Å². The minimum atomic E-state index is -0.560. The van der Waals surface area contributed by atoms with Gasteiger partial charge in [-0.1, -0.05) is 30.3 Å². The zero-order valence-corrected chi connectivity index (χ0v) is 9.84. The normalized spacial score (nSPS) is 12.1. The quantitative estimate of drug-likeness (QED) is 0.690. The molecule has 0 aliphatic carbocycles. The molecule has 0 unspecified atom stereocenters. The summed E-state index contributed by atoms with van der Waals surface area (Å²) in [4.78, 5) is 15.7. The van der Waals surface area contributed by atoms with E-state index in [1.165, 1.54) is 6.33 Å². The first-order valence-corrected chi connectivity index (χ1v) is 5.67. The zero-order valence-electron chi connectivity index (χ0n) is 9.84. The van der Waals surface area contributed by atoms with Gasteiger partial charge in [0.15, 0.2) is 0 Å². The van der Waals surface area contributed by atoms with Gasteiger partial charge in [0.1, 0.15) is 12.2 Å². The van der Waals surface area contributed by atoms with Crippen molar-refractivity contribution < 1.29 is 4.79 Å². The molecule has 0 saturated heterocycles. The van der Waals surface area contributed by atoms with Crippen LogP contribution in [-0.4, -0.2) is 27.1 Å². The van der Waals surface area contributed by atoms with E-state index in [1.54, 1.807) is 0 Å². The van der Waals surface area contributed by atoms with Gasteiger partial charge in [-0.05, 0) is 12.0 Å². The van der Waals surface area contributed by atoms with Crippen molar-refractivity contribution in [3.8, 4) is 0 Å². The standard InChI is InChI=1S/C12H15N5O/c13-10(6-9-4-2-1-3-5-9)12(18)14-7-11-15-8-16-17-11/h1-5,8,10H,6-7,13H2,(H,14,18)(H,15,16,17)/t10-/m0/s1. The number of H-pyrrole nitrogens is 1. The Morgan fingerprint density at radius 2 is 2.17 bits per heavy atom. The minimum absolute atomic E-state index is 0.199. The molecule has 0 saturated carbocycles. The summed E-state index contributed by atoms with van der Waals surface area (Å²) >= 11 is 0. The van der Waals surface area contributed by atoms with Gasteiger partial charge in [-0.2, -0.15) is 5.10 Å². The first kappa shape index (κ1) is 12.3. The van der Waals surface area contributed by atoms with Crippen LogP contribution in [0, 0.1) is 0 Å². The molecule has 1 amide bonds. The molecule has 0 aliphatic heterocycles. The average molecular weight is 245 g/mol. The van der Waals surface area contributed by atoms with Crippen LogP contribution in [-0.2, 0) is 17.8 Å². The van der Waals surface area contributed by atoms with Crippen molar-refractivity contribution in [3.63, 3.8) is 0 Å². The SMILES string of the molecule is N[C@@H](Cc1ccccc1)C(=O)NCc1ncn[nH]1. The number of benzene rings is 1. The maximum Gasteiger partial charge on any atom is 0.237 e. The first-order valence-electron chi connectivity index (χ1n) is 5.67. The number of nitrogens with zero attached hydrogens (tertiary/aromatic N) is 2. The van der Waals surface area contributed by atoms with E-state index in [0.717, 1.165) is 5.56 Å². The zero-order chi connectivity index (χ0) is 12.8. The van der Waals surface area contributed by atoms with Gasteiger partial charge >= 0.3 is 0 Å². The van der Waals surface area contributed by atoms with Crippen molar-refractivity contribution in [2.24, 2.45) is 5.73 Å². The van der Waals surface area contributed by atoms with Gasteiger partial charge in [0.05, 0.1) is 12.6 Å². The van der Waals surface area contributed by atoms with Crippen LogP contribution in [0.3, 0.4) is 0 Å². The number of carbonyl (C=O) groups excluding carboxylic acids is 1. The summed E-state index contributed by atoms with van der Waals surface area (Å²) in [5, 5.41) is 9.07. The van der Waals surface area contributed by atoms with Crippen LogP contribution >= 0.6 is 0 Å². The maximum absolute atomic E-state index is 11.7. The van der Waals surface area contributed by atoms with Crippen LogP contribution in [0.5, 0.6) is 0 Å². The maximum atomic E-state index is 11.7. The van der Waals surface area contributed by atoms with Crippen LogP contribution in [0.1, 0.15) is 11.4 Å². The van der Waals surface area contributed by atoms with E-state index < -0.39 is 6.04 Å². The molecule has 2 rings (SSSR count). The molecule has 6 heteroatoms. The lowest BCUT2D eigenvalue weighted by Crippen LogP contribution is -2.41. The van der Waals surface area contributed by atoms with Crippen molar-refractivity contribution >= 4 is 5.91 Å². The van der Waals surface area contributed by atoms with Crippen LogP contribution in [0.15, 0.2) is 36.7 Å². The lowest BCUT2D eigenvalue weighted by atomic mass is 10.1. The molecular weight excluding hydrogens is 230 g/mol. The van der Waals surface area contributed by atoms with Gasteiger partial charge < -0.3 is 11.1 Å². The molecule has 0 radical (unpaired) electrons. The van der Waals surface area contributed by atoms with Crippen LogP contribution in [0.25, 0.3) is 0 Å². The summed E-state index contributed by atoms with van der Waals surface area (Å²) in [7, 11) is 0. The molecule has 94 valence electrons. The third-order valence-electron chi connectivity index (χ3n) is 2.53. The summed E-state index contributed by atoms with van der Waals surface area (Å²) in [5.74, 6) is 0.408. The number of aromatic nitrogens is 3. The second-order valence-corrected chi connectivity index (χ2v) is 3.95. The Kier molecular flexibility index (Phi) is 4.03. The fourth-order valence-electron chi connectivity index (χ4n) is 1.58. The van der Waals surface area contributed by atoms with Gasteiger partial charge in [-0.15, -0.1) is 0 Å². The van der Waals surface area contributed by atoms with Gasteiger partial charge in [0.25, 0.3) is 0 Å². The van der Waals surface area contributed by atoms with Gasteiger partial charge in [0, 0.05) is 0 Å². The minimum Gasteiger partial charge on any atom is -0.347 e. The lowest BCUT2D eigenvalue weighted by molar-refractivity contribution is -0.122. The molecule has 0 fully saturated rings. The molecule has 0 aliphatic rings. The summed E-state index contributed by atoms with van der Waals surface area (Å²) in [6.07, 6.45) is 1.91. The molecule has 1 heterocycles. The van der Waals surface area contributed by atoms with E-state index in [2.05, 4.69) is 20.5 Å². The second kappa shape index (κ2) is 5.92. The summed E-state index contributed by atoms with van der Waals surface area (Å²) in [6, 6.07) is 9.12. The highest BCUT2D eigenvalue weighted by Crippen LogP contribution is 2.01. The van der Waals surface area contributed by atoms with Crippen molar-refractivity contribution in [3.05, 3.63) is 48.0 Å².